The van der Waals surface area contributed by atoms with Crippen molar-refractivity contribution in [3.8, 4) is 11.1 Å². The Balaban J connectivity index is 1.77. The molecule has 1 aromatic heterocycles. The number of carbonyl (C=O) groups is 2. The Bertz CT molecular complexity index is 820. The van der Waals surface area contributed by atoms with E-state index in [1.165, 1.54) is 7.11 Å². The van der Waals surface area contributed by atoms with Crippen LogP contribution in [0.3, 0.4) is 0 Å². The fourth-order valence-corrected chi connectivity index (χ4v) is 3.49. The molecule has 1 saturated heterocycles. The number of aromatic nitrogens is 2. The molecule has 0 atom stereocenters. The van der Waals surface area contributed by atoms with Crippen LogP contribution in [0.2, 0.25) is 0 Å². The number of hydrogen-bond donors (Lipinski definition) is 0. The maximum absolute atomic E-state index is 12.8. The molecule has 0 spiro atoms. The number of piperidine rings is 1. The van der Waals surface area contributed by atoms with Crippen molar-refractivity contribution < 1.29 is 14.3 Å². The molecule has 1 fully saturated rings. The van der Waals surface area contributed by atoms with Crippen LogP contribution >= 0.6 is 0 Å². The molecule has 7 heteroatoms. The molecule has 2 aromatic rings. The number of benzene rings is 1. The second-order valence-electron chi connectivity index (χ2n) is 7.08. The third kappa shape index (κ3) is 4.03. The number of esters is 1. The standard InChI is InChI=1S/C20H26N4O3/c1-22-11-9-16(10-12-22)24(3)19(25)15-7-5-14(6-8-15)17-13-23(2)21-18(17)20(26)27-4/h5-8,13,16H,9-12H2,1-4H3. The van der Waals surface area contributed by atoms with Gasteiger partial charge in [-0.25, -0.2) is 4.79 Å². The maximum Gasteiger partial charge on any atom is 0.359 e. The molecule has 0 bridgehead atoms. The van der Waals surface area contributed by atoms with Crippen LogP contribution in [-0.4, -0.2) is 71.8 Å². The molecule has 1 aliphatic rings. The van der Waals surface area contributed by atoms with Crippen LogP contribution in [0, 0.1) is 0 Å². The summed E-state index contributed by atoms with van der Waals surface area (Å²) in [5.74, 6) is -0.455. The van der Waals surface area contributed by atoms with Crippen LogP contribution in [0.15, 0.2) is 30.5 Å². The summed E-state index contributed by atoms with van der Waals surface area (Å²) in [5.41, 5.74) is 2.42. The van der Waals surface area contributed by atoms with E-state index in [1.54, 1.807) is 30.1 Å². The van der Waals surface area contributed by atoms with Gasteiger partial charge in [-0.1, -0.05) is 12.1 Å². The predicted molar refractivity (Wildman–Crippen MR) is 103 cm³/mol. The lowest BCUT2D eigenvalue weighted by Crippen LogP contribution is -2.44. The van der Waals surface area contributed by atoms with E-state index in [1.807, 2.05) is 24.1 Å². The highest BCUT2D eigenvalue weighted by Crippen LogP contribution is 2.25. The fourth-order valence-electron chi connectivity index (χ4n) is 3.49. The van der Waals surface area contributed by atoms with Gasteiger partial charge in [0.05, 0.1) is 7.11 Å². The van der Waals surface area contributed by atoms with E-state index in [2.05, 4.69) is 17.0 Å². The largest absolute Gasteiger partial charge is 0.464 e. The maximum atomic E-state index is 12.8. The van der Waals surface area contributed by atoms with Crippen LogP contribution < -0.4 is 0 Å². The number of aryl methyl sites for hydroxylation is 1. The summed E-state index contributed by atoms with van der Waals surface area (Å²) in [6, 6.07) is 7.57. The lowest BCUT2D eigenvalue weighted by Gasteiger charge is -2.35. The van der Waals surface area contributed by atoms with Gasteiger partial charge in [0.1, 0.15) is 0 Å². The number of hydrogen-bond acceptors (Lipinski definition) is 5. The predicted octanol–water partition coefficient (Wildman–Crippen LogP) is 2.04. The second kappa shape index (κ2) is 7.92. The van der Waals surface area contributed by atoms with E-state index in [-0.39, 0.29) is 17.6 Å². The van der Waals surface area contributed by atoms with E-state index in [4.69, 9.17) is 4.74 Å². The normalized spacial score (nSPS) is 15.6. The van der Waals surface area contributed by atoms with Crippen molar-refractivity contribution in [3.63, 3.8) is 0 Å². The zero-order valence-electron chi connectivity index (χ0n) is 16.3. The lowest BCUT2D eigenvalue weighted by molar-refractivity contribution is 0.0593. The summed E-state index contributed by atoms with van der Waals surface area (Å²) in [6.07, 6.45) is 3.76. The fraction of sp³-hybridized carbons (Fsp3) is 0.450. The van der Waals surface area contributed by atoms with E-state index < -0.39 is 5.97 Å². The molecule has 1 amide bonds. The first kappa shape index (κ1) is 19.1. The molecule has 1 aromatic carbocycles. The molecule has 0 saturated carbocycles. The second-order valence-corrected chi connectivity index (χ2v) is 7.08. The SMILES string of the molecule is COC(=O)c1nn(C)cc1-c1ccc(C(=O)N(C)C2CCN(C)CC2)cc1. The highest BCUT2D eigenvalue weighted by Gasteiger charge is 2.25. The molecule has 1 aliphatic heterocycles. The minimum Gasteiger partial charge on any atom is -0.464 e. The van der Waals surface area contributed by atoms with Gasteiger partial charge in [0.2, 0.25) is 0 Å². The molecular weight excluding hydrogens is 344 g/mol. The minimum absolute atomic E-state index is 0.0236. The van der Waals surface area contributed by atoms with Crippen molar-refractivity contribution in [1.82, 2.24) is 19.6 Å². The molecule has 3 rings (SSSR count). The molecule has 7 nitrogen and oxygen atoms in total. The number of carbonyl (C=O) groups excluding carboxylic acids is 2. The highest BCUT2D eigenvalue weighted by molar-refractivity contribution is 5.97. The van der Waals surface area contributed by atoms with Crippen molar-refractivity contribution in [2.75, 3.05) is 34.3 Å². The van der Waals surface area contributed by atoms with Gasteiger partial charge in [0.25, 0.3) is 5.91 Å². The molecule has 0 aliphatic carbocycles. The average molecular weight is 370 g/mol. The zero-order chi connectivity index (χ0) is 19.6. The van der Waals surface area contributed by atoms with E-state index in [0.29, 0.717) is 11.1 Å². The summed E-state index contributed by atoms with van der Waals surface area (Å²) in [7, 11) is 7.08. The van der Waals surface area contributed by atoms with Crippen molar-refractivity contribution in [2.45, 2.75) is 18.9 Å². The molecular formula is C20H26N4O3. The van der Waals surface area contributed by atoms with Crippen LogP contribution in [0.1, 0.15) is 33.7 Å². The Morgan fingerprint density at radius 1 is 1.15 bits per heavy atom. The number of rotatable bonds is 4. The first-order chi connectivity index (χ1) is 12.9. The summed E-state index contributed by atoms with van der Waals surface area (Å²) < 4.78 is 6.38. The molecule has 0 unspecified atom stereocenters. The Hall–Kier alpha value is -2.67. The van der Waals surface area contributed by atoms with Gasteiger partial charge in [0.15, 0.2) is 5.69 Å². The topological polar surface area (TPSA) is 67.7 Å². The van der Waals surface area contributed by atoms with E-state index >= 15 is 0 Å². The van der Waals surface area contributed by atoms with Crippen LogP contribution in [-0.2, 0) is 11.8 Å². The van der Waals surface area contributed by atoms with E-state index in [9.17, 15) is 9.59 Å². The van der Waals surface area contributed by atoms with Gasteiger partial charge in [-0.05, 0) is 50.7 Å². The third-order valence-corrected chi connectivity index (χ3v) is 5.21. The van der Waals surface area contributed by atoms with Gasteiger partial charge < -0.3 is 14.5 Å². The van der Waals surface area contributed by atoms with Gasteiger partial charge >= 0.3 is 5.97 Å². The lowest BCUT2D eigenvalue weighted by atomic mass is 10.0. The minimum atomic E-state index is -0.479. The Morgan fingerprint density at radius 2 is 1.78 bits per heavy atom. The third-order valence-electron chi connectivity index (χ3n) is 5.21. The molecule has 27 heavy (non-hydrogen) atoms. The summed E-state index contributed by atoms with van der Waals surface area (Å²) >= 11 is 0. The average Bonchev–Trinajstić information content (AvgIpc) is 3.08. The van der Waals surface area contributed by atoms with Crippen molar-refractivity contribution in [3.05, 3.63) is 41.7 Å². The summed E-state index contributed by atoms with van der Waals surface area (Å²) in [5, 5.41) is 4.17. The monoisotopic (exact) mass is 370 g/mol. The van der Waals surface area contributed by atoms with E-state index in [0.717, 1.165) is 31.5 Å². The summed E-state index contributed by atoms with van der Waals surface area (Å²) in [4.78, 5) is 28.9. The van der Waals surface area contributed by atoms with Gasteiger partial charge in [-0.2, -0.15) is 5.10 Å². The van der Waals surface area contributed by atoms with Gasteiger partial charge in [-0.15, -0.1) is 0 Å². The van der Waals surface area contributed by atoms with Crippen LogP contribution in [0.4, 0.5) is 0 Å². The van der Waals surface area contributed by atoms with Crippen molar-refractivity contribution >= 4 is 11.9 Å². The Labute approximate surface area is 159 Å². The van der Waals surface area contributed by atoms with Gasteiger partial charge in [0, 0.05) is 37.5 Å². The number of amides is 1. The number of ether oxygens (including phenoxy) is 1. The van der Waals surface area contributed by atoms with Crippen molar-refractivity contribution in [1.29, 1.82) is 0 Å². The first-order valence-electron chi connectivity index (χ1n) is 9.08. The Kier molecular flexibility index (Phi) is 5.60. The molecule has 2 heterocycles. The van der Waals surface area contributed by atoms with Gasteiger partial charge in [-0.3, -0.25) is 9.48 Å². The quantitative estimate of drug-likeness (QED) is 0.771. The molecule has 144 valence electrons. The highest BCUT2D eigenvalue weighted by atomic mass is 16.5. The smallest absolute Gasteiger partial charge is 0.359 e. The zero-order valence-corrected chi connectivity index (χ0v) is 16.3. The summed E-state index contributed by atoms with van der Waals surface area (Å²) in [6.45, 7) is 2.02. The number of likely N-dealkylation sites (tertiary alicyclic amines) is 1. The van der Waals surface area contributed by atoms with Crippen LogP contribution in [0.25, 0.3) is 11.1 Å². The molecule has 0 radical (unpaired) electrons. The number of nitrogens with zero attached hydrogens (tertiary/aromatic N) is 4. The number of methoxy groups -OCH3 is 1. The van der Waals surface area contributed by atoms with Crippen molar-refractivity contribution in [2.24, 2.45) is 7.05 Å². The molecule has 0 N–H and O–H groups in total. The first-order valence-corrected chi connectivity index (χ1v) is 9.08. The van der Waals surface area contributed by atoms with Crippen LogP contribution in [0.5, 0.6) is 0 Å². The Morgan fingerprint density at radius 3 is 2.37 bits per heavy atom.